The van der Waals surface area contributed by atoms with Gasteiger partial charge in [0.05, 0.1) is 0 Å². The van der Waals surface area contributed by atoms with E-state index in [0.717, 1.165) is 31.7 Å². The zero-order valence-electron chi connectivity index (χ0n) is 11.0. The van der Waals surface area contributed by atoms with E-state index in [1.807, 2.05) is 6.92 Å². The second-order valence-corrected chi connectivity index (χ2v) is 6.67. The van der Waals surface area contributed by atoms with Crippen molar-refractivity contribution in [3.8, 4) is 0 Å². The minimum absolute atomic E-state index is 0.0389. The zero-order valence-corrected chi connectivity index (χ0v) is 11.8. The quantitative estimate of drug-likeness (QED) is 0.830. The van der Waals surface area contributed by atoms with Crippen LogP contribution < -0.4 is 15.8 Å². The van der Waals surface area contributed by atoms with Crippen LogP contribution in [0, 0.1) is 5.92 Å². The van der Waals surface area contributed by atoms with E-state index in [9.17, 15) is 8.42 Å². The molecule has 1 aliphatic rings. The molecule has 19 heavy (non-hydrogen) atoms. The highest BCUT2D eigenvalue weighted by Crippen LogP contribution is 2.23. The van der Waals surface area contributed by atoms with Gasteiger partial charge >= 0.3 is 0 Å². The highest BCUT2D eigenvalue weighted by atomic mass is 32.2. The molecule has 6 nitrogen and oxygen atoms in total. The lowest BCUT2D eigenvalue weighted by atomic mass is 9.92. The van der Waals surface area contributed by atoms with Crippen LogP contribution in [0.2, 0.25) is 0 Å². The van der Waals surface area contributed by atoms with Crippen LogP contribution in [0.4, 0.5) is 5.82 Å². The van der Waals surface area contributed by atoms with Crippen LogP contribution in [0.1, 0.15) is 19.8 Å². The lowest BCUT2D eigenvalue weighted by molar-refractivity contribution is 0.363. The maximum absolute atomic E-state index is 11.2. The third kappa shape index (κ3) is 3.43. The average Bonchev–Trinajstić information content (AvgIpc) is 2.38. The standard InChI is InChI=1S/C12H20N4O2S/c1-9(13)10-3-2-6-16(8-10)12-5-4-11(7-15-12)19(14,17)18/h4-5,7,9-10H,2-3,6,8,13H2,1H3,(H2,14,17,18). The van der Waals surface area contributed by atoms with E-state index in [1.54, 1.807) is 6.07 Å². The number of nitrogens with two attached hydrogens (primary N) is 2. The molecule has 7 heteroatoms. The summed E-state index contributed by atoms with van der Waals surface area (Å²) in [6, 6.07) is 3.35. The van der Waals surface area contributed by atoms with E-state index in [4.69, 9.17) is 10.9 Å². The van der Waals surface area contributed by atoms with Crippen molar-refractivity contribution in [2.75, 3.05) is 18.0 Å². The highest BCUT2D eigenvalue weighted by molar-refractivity contribution is 7.89. The van der Waals surface area contributed by atoms with Crippen LogP contribution in [0.3, 0.4) is 0 Å². The molecule has 0 saturated carbocycles. The van der Waals surface area contributed by atoms with Crippen molar-refractivity contribution in [3.05, 3.63) is 18.3 Å². The first-order valence-corrected chi connectivity index (χ1v) is 7.92. The number of sulfonamides is 1. The summed E-state index contributed by atoms with van der Waals surface area (Å²) in [5.74, 6) is 1.23. The molecule has 1 aromatic rings. The average molecular weight is 284 g/mol. The molecule has 2 unspecified atom stereocenters. The number of pyridine rings is 1. The molecule has 106 valence electrons. The molecule has 0 radical (unpaired) electrons. The third-order valence-corrected chi connectivity index (χ3v) is 4.47. The molecular weight excluding hydrogens is 264 g/mol. The van der Waals surface area contributed by atoms with Gasteiger partial charge in [-0.1, -0.05) is 0 Å². The lowest BCUT2D eigenvalue weighted by Crippen LogP contribution is -2.42. The molecule has 0 spiro atoms. The van der Waals surface area contributed by atoms with Gasteiger partial charge in [-0.05, 0) is 37.8 Å². The second kappa shape index (κ2) is 5.44. The molecule has 0 aliphatic carbocycles. The van der Waals surface area contributed by atoms with Crippen LogP contribution in [0.15, 0.2) is 23.2 Å². The van der Waals surface area contributed by atoms with Crippen LogP contribution in [0.5, 0.6) is 0 Å². The van der Waals surface area contributed by atoms with Crippen LogP contribution in [-0.4, -0.2) is 32.5 Å². The summed E-state index contributed by atoms with van der Waals surface area (Å²) in [6.45, 7) is 3.80. The Morgan fingerprint density at radius 1 is 1.47 bits per heavy atom. The molecule has 1 fully saturated rings. The topological polar surface area (TPSA) is 102 Å². The number of primary sulfonamides is 1. The Balaban J connectivity index is 2.14. The molecule has 0 amide bonds. The maximum atomic E-state index is 11.2. The fraction of sp³-hybridized carbons (Fsp3) is 0.583. The number of rotatable bonds is 3. The first kappa shape index (κ1) is 14.2. The van der Waals surface area contributed by atoms with E-state index >= 15 is 0 Å². The SMILES string of the molecule is CC(N)C1CCCN(c2ccc(S(N)(=O)=O)cn2)C1. The molecule has 1 saturated heterocycles. The smallest absolute Gasteiger partial charge is 0.239 e. The highest BCUT2D eigenvalue weighted by Gasteiger charge is 2.23. The predicted molar refractivity (Wildman–Crippen MR) is 74.2 cm³/mol. The Hall–Kier alpha value is -1.18. The van der Waals surface area contributed by atoms with E-state index in [-0.39, 0.29) is 10.9 Å². The van der Waals surface area contributed by atoms with Gasteiger partial charge in [0.2, 0.25) is 10.0 Å². The van der Waals surface area contributed by atoms with Gasteiger partial charge in [0.25, 0.3) is 0 Å². The van der Waals surface area contributed by atoms with Crippen molar-refractivity contribution in [1.82, 2.24) is 4.98 Å². The fourth-order valence-corrected chi connectivity index (χ4v) is 2.83. The van der Waals surface area contributed by atoms with Crippen molar-refractivity contribution >= 4 is 15.8 Å². The second-order valence-electron chi connectivity index (χ2n) is 5.10. The predicted octanol–water partition coefficient (Wildman–Crippen LogP) is 0.293. The number of piperidine rings is 1. The summed E-state index contributed by atoms with van der Waals surface area (Å²) < 4.78 is 22.3. The summed E-state index contributed by atoms with van der Waals surface area (Å²) >= 11 is 0. The van der Waals surface area contributed by atoms with Crippen molar-refractivity contribution in [2.45, 2.75) is 30.7 Å². The Morgan fingerprint density at radius 3 is 2.74 bits per heavy atom. The number of hydrogen-bond donors (Lipinski definition) is 2. The molecule has 1 aliphatic heterocycles. The number of hydrogen-bond acceptors (Lipinski definition) is 5. The van der Waals surface area contributed by atoms with E-state index in [2.05, 4.69) is 9.88 Å². The molecule has 0 bridgehead atoms. The maximum Gasteiger partial charge on any atom is 0.239 e. The summed E-state index contributed by atoms with van der Waals surface area (Å²) in [7, 11) is -3.68. The molecule has 4 N–H and O–H groups in total. The molecule has 2 rings (SSSR count). The van der Waals surface area contributed by atoms with Gasteiger partial charge in [-0.25, -0.2) is 18.5 Å². The Labute approximate surface area is 113 Å². The molecule has 1 aromatic heterocycles. The first-order valence-electron chi connectivity index (χ1n) is 6.37. The summed E-state index contributed by atoms with van der Waals surface area (Å²) in [5.41, 5.74) is 5.95. The monoisotopic (exact) mass is 284 g/mol. The van der Waals surface area contributed by atoms with E-state index < -0.39 is 10.0 Å². The molecule has 0 aromatic carbocycles. The van der Waals surface area contributed by atoms with Gasteiger partial charge in [0.15, 0.2) is 0 Å². The molecule has 2 heterocycles. The minimum atomic E-state index is -3.68. The minimum Gasteiger partial charge on any atom is -0.356 e. The summed E-state index contributed by atoms with van der Waals surface area (Å²) in [6.07, 6.45) is 3.51. The number of nitrogens with zero attached hydrogens (tertiary/aromatic N) is 2. The largest absolute Gasteiger partial charge is 0.356 e. The van der Waals surface area contributed by atoms with Gasteiger partial charge in [-0.3, -0.25) is 0 Å². The first-order chi connectivity index (χ1) is 8.88. The van der Waals surface area contributed by atoms with Gasteiger partial charge in [-0.15, -0.1) is 0 Å². The molecular formula is C12H20N4O2S. The molecule has 2 atom stereocenters. The van der Waals surface area contributed by atoms with Gasteiger partial charge < -0.3 is 10.6 Å². The van der Waals surface area contributed by atoms with Crippen LogP contribution in [0.25, 0.3) is 0 Å². The number of aromatic nitrogens is 1. The Morgan fingerprint density at radius 2 is 2.21 bits per heavy atom. The zero-order chi connectivity index (χ0) is 14.0. The fourth-order valence-electron chi connectivity index (χ4n) is 2.38. The summed E-state index contributed by atoms with van der Waals surface area (Å²) in [5, 5.41) is 5.05. The van der Waals surface area contributed by atoms with E-state index in [1.165, 1.54) is 12.3 Å². The lowest BCUT2D eigenvalue weighted by Gasteiger charge is -2.35. The Kier molecular flexibility index (Phi) is 4.07. The van der Waals surface area contributed by atoms with Gasteiger partial charge in [0, 0.05) is 25.3 Å². The van der Waals surface area contributed by atoms with Gasteiger partial charge in [0.1, 0.15) is 10.7 Å². The normalized spacial score (nSPS) is 22.3. The van der Waals surface area contributed by atoms with Crippen LogP contribution in [-0.2, 0) is 10.0 Å². The number of anilines is 1. The van der Waals surface area contributed by atoms with Crippen molar-refractivity contribution in [3.63, 3.8) is 0 Å². The van der Waals surface area contributed by atoms with E-state index in [0.29, 0.717) is 5.92 Å². The van der Waals surface area contributed by atoms with Gasteiger partial charge in [-0.2, -0.15) is 0 Å². The van der Waals surface area contributed by atoms with Crippen molar-refractivity contribution < 1.29 is 8.42 Å². The summed E-state index contributed by atoms with van der Waals surface area (Å²) in [4.78, 5) is 6.37. The van der Waals surface area contributed by atoms with Crippen LogP contribution >= 0.6 is 0 Å². The van der Waals surface area contributed by atoms with Crippen molar-refractivity contribution in [2.24, 2.45) is 16.8 Å². The van der Waals surface area contributed by atoms with Crippen molar-refractivity contribution in [1.29, 1.82) is 0 Å². The third-order valence-electron chi connectivity index (χ3n) is 3.57. The Bertz CT molecular complexity index is 527.